The van der Waals surface area contributed by atoms with Gasteiger partial charge in [0.15, 0.2) is 5.78 Å². The molecule has 0 radical (unpaired) electrons. The maximum Gasteiger partial charge on any atom is 0.176 e. The topological polar surface area (TPSA) is 64.3 Å². The molecule has 0 saturated carbocycles. The molecule has 1 aromatic rings. The van der Waals surface area contributed by atoms with Gasteiger partial charge in [0.1, 0.15) is 5.75 Å². The number of hydrogen-bond donors (Lipinski definition) is 2. The Bertz CT molecular complexity index is 403. The van der Waals surface area contributed by atoms with Crippen LogP contribution in [-0.2, 0) is 0 Å². The zero-order valence-corrected chi connectivity index (χ0v) is 11.3. The molecule has 0 amide bonds. The van der Waals surface area contributed by atoms with Gasteiger partial charge in [-0.1, -0.05) is 13.8 Å². The number of nitrogens with two attached hydrogens (primary N) is 1. The lowest BCUT2D eigenvalue weighted by molar-refractivity contribution is 0.0990. The second-order valence-corrected chi connectivity index (χ2v) is 4.63. The van der Waals surface area contributed by atoms with Gasteiger partial charge in [-0.25, -0.2) is 0 Å². The number of rotatable bonds is 7. The maximum atomic E-state index is 11.9. The lowest BCUT2D eigenvalue weighted by Crippen LogP contribution is -2.26. The highest BCUT2D eigenvalue weighted by atomic mass is 16.5. The fraction of sp³-hybridized carbons (Fsp3) is 0.500. The number of ketones is 1. The predicted octanol–water partition coefficient (Wildman–Crippen LogP) is 2.10. The molecule has 0 spiro atoms. The molecule has 0 unspecified atom stereocenters. The van der Waals surface area contributed by atoms with Crippen molar-refractivity contribution in [2.24, 2.45) is 5.92 Å². The Hall–Kier alpha value is -1.55. The summed E-state index contributed by atoms with van der Waals surface area (Å²) in [7, 11) is 0. The molecule has 0 aliphatic rings. The number of carbonyl (C=O) groups excluding carboxylic acids is 1. The minimum atomic E-state index is 0.0467. The molecule has 0 atom stereocenters. The van der Waals surface area contributed by atoms with Crippen LogP contribution in [0.5, 0.6) is 5.75 Å². The first-order valence-corrected chi connectivity index (χ1v) is 6.30. The number of anilines is 1. The highest BCUT2D eigenvalue weighted by Gasteiger charge is 2.08. The van der Waals surface area contributed by atoms with E-state index in [1.807, 2.05) is 6.92 Å². The summed E-state index contributed by atoms with van der Waals surface area (Å²) >= 11 is 0. The molecule has 4 heteroatoms. The number of nitrogens with one attached hydrogen (secondary N) is 1. The van der Waals surface area contributed by atoms with Crippen molar-refractivity contribution in [2.75, 3.05) is 25.4 Å². The molecular formula is C14H22N2O2. The highest BCUT2D eigenvalue weighted by molar-refractivity contribution is 5.98. The van der Waals surface area contributed by atoms with Crippen molar-refractivity contribution < 1.29 is 9.53 Å². The van der Waals surface area contributed by atoms with Crippen LogP contribution in [0.3, 0.4) is 0 Å². The summed E-state index contributed by atoms with van der Waals surface area (Å²) in [5.74, 6) is 1.21. The molecule has 0 bridgehead atoms. The van der Waals surface area contributed by atoms with Crippen LogP contribution in [0.1, 0.15) is 31.1 Å². The fourth-order valence-electron chi connectivity index (χ4n) is 1.59. The Labute approximate surface area is 109 Å². The molecule has 0 aromatic heterocycles. The third kappa shape index (κ3) is 4.37. The van der Waals surface area contributed by atoms with E-state index in [1.165, 1.54) is 0 Å². The van der Waals surface area contributed by atoms with Crippen LogP contribution in [0, 0.1) is 5.92 Å². The van der Waals surface area contributed by atoms with E-state index >= 15 is 0 Å². The SMILES string of the molecule is CCOc1ccc(C(=O)CNCC(C)C)cc1N. The Balaban J connectivity index is 2.61. The van der Waals surface area contributed by atoms with Gasteiger partial charge in [0, 0.05) is 5.56 Å². The number of Topliss-reactive ketones (excluding diaryl/α,β-unsaturated/α-hetero) is 1. The first-order valence-electron chi connectivity index (χ1n) is 6.30. The molecule has 18 heavy (non-hydrogen) atoms. The second-order valence-electron chi connectivity index (χ2n) is 4.63. The largest absolute Gasteiger partial charge is 0.492 e. The van der Waals surface area contributed by atoms with Crippen LogP contribution in [0.15, 0.2) is 18.2 Å². The van der Waals surface area contributed by atoms with Crippen LogP contribution >= 0.6 is 0 Å². The van der Waals surface area contributed by atoms with E-state index in [4.69, 9.17) is 10.5 Å². The highest BCUT2D eigenvalue weighted by Crippen LogP contribution is 2.22. The molecule has 0 aliphatic heterocycles. The summed E-state index contributed by atoms with van der Waals surface area (Å²) in [6.07, 6.45) is 0. The lowest BCUT2D eigenvalue weighted by Gasteiger charge is -2.09. The molecule has 0 saturated heterocycles. The molecular weight excluding hydrogens is 228 g/mol. The van der Waals surface area contributed by atoms with E-state index in [-0.39, 0.29) is 5.78 Å². The minimum absolute atomic E-state index is 0.0467. The average molecular weight is 250 g/mol. The fourth-order valence-corrected chi connectivity index (χ4v) is 1.59. The smallest absolute Gasteiger partial charge is 0.176 e. The zero-order chi connectivity index (χ0) is 13.5. The normalized spacial score (nSPS) is 10.7. The molecule has 3 N–H and O–H groups in total. The molecule has 4 nitrogen and oxygen atoms in total. The van der Waals surface area contributed by atoms with Gasteiger partial charge in [-0.05, 0) is 37.6 Å². The second kappa shape index (κ2) is 7.01. The standard InChI is InChI=1S/C14H22N2O2/c1-4-18-14-6-5-11(7-12(14)15)13(17)9-16-8-10(2)3/h5-7,10,16H,4,8-9,15H2,1-3H3. The van der Waals surface area contributed by atoms with E-state index in [2.05, 4.69) is 19.2 Å². The molecule has 1 aromatic carbocycles. The van der Waals surface area contributed by atoms with Gasteiger partial charge in [-0.15, -0.1) is 0 Å². The lowest BCUT2D eigenvalue weighted by atomic mass is 10.1. The Morgan fingerprint density at radius 2 is 2.17 bits per heavy atom. The summed E-state index contributed by atoms with van der Waals surface area (Å²) in [6.45, 7) is 7.84. The van der Waals surface area contributed by atoms with Gasteiger partial charge in [-0.2, -0.15) is 0 Å². The first kappa shape index (κ1) is 14.5. The summed E-state index contributed by atoms with van der Waals surface area (Å²) in [4.78, 5) is 11.9. The van der Waals surface area contributed by atoms with Gasteiger partial charge < -0.3 is 15.8 Å². The third-order valence-corrected chi connectivity index (χ3v) is 2.47. The van der Waals surface area contributed by atoms with Gasteiger partial charge >= 0.3 is 0 Å². The van der Waals surface area contributed by atoms with Crippen molar-refractivity contribution >= 4 is 11.5 Å². The molecule has 1 rings (SSSR count). The van der Waals surface area contributed by atoms with Crippen LogP contribution in [0.2, 0.25) is 0 Å². The van der Waals surface area contributed by atoms with Crippen molar-refractivity contribution in [1.29, 1.82) is 0 Å². The Kier molecular flexibility index (Phi) is 5.65. The van der Waals surface area contributed by atoms with Crippen molar-refractivity contribution in [3.63, 3.8) is 0 Å². The monoisotopic (exact) mass is 250 g/mol. The van der Waals surface area contributed by atoms with E-state index in [0.29, 0.717) is 36.1 Å². The van der Waals surface area contributed by atoms with Crippen LogP contribution in [0.4, 0.5) is 5.69 Å². The Morgan fingerprint density at radius 1 is 1.44 bits per heavy atom. The van der Waals surface area contributed by atoms with Crippen LogP contribution in [0.25, 0.3) is 0 Å². The molecule has 100 valence electrons. The minimum Gasteiger partial charge on any atom is -0.492 e. The van der Waals surface area contributed by atoms with E-state index in [1.54, 1.807) is 18.2 Å². The molecule has 0 fully saturated rings. The van der Waals surface area contributed by atoms with E-state index in [9.17, 15) is 4.79 Å². The number of ether oxygens (including phenoxy) is 1. The van der Waals surface area contributed by atoms with Gasteiger partial charge in [-0.3, -0.25) is 4.79 Å². The Morgan fingerprint density at radius 3 is 2.72 bits per heavy atom. The van der Waals surface area contributed by atoms with E-state index < -0.39 is 0 Å². The number of hydrogen-bond acceptors (Lipinski definition) is 4. The maximum absolute atomic E-state index is 11.9. The molecule has 0 heterocycles. The van der Waals surface area contributed by atoms with Gasteiger partial charge in [0.25, 0.3) is 0 Å². The van der Waals surface area contributed by atoms with Gasteiger partial charge in [0.05, 0.1) is 18.8 Å². The average Bonchev–Trinajstić information content (AvgIpc) is 2.31. The summed E-state index contributed by atoms with van der Waals surface area (Å²) in [5, 5.41) is 3.12. The van der Waals surface area contributed by atoms with Crippen molar-refractivity contribution in [3.05, 3.63) is 23.8 Å². The number of nitrogen functional groups attached to an aromatic ring is 1. The summed E-state index contributed by atoms with van der Waals surface area (Å²) in [5.41, 5.74) is 6.95. The molecule has 0 aliphatic carbocycles. The van der Waals surface area contributed by atoms with Crippen molar-refractivity contribution in [3.8, 4) is 5.75 Å². The zero-order valence-electron chi connectivity index (χ0n) is 11.3. The van der Waals surface area contributed by atoms with Crippen molar-refractivity contribution in [2.45, 2.75) is 20.8 Å². The van der Waals surface area contributed by atoms with Crippen LogP contribution in [-0.4, -0.2) is 25.5 Å². The quantitative estimate of drug-likeness (QED) is 0.574. The summed E-state index contributed by atoms with van der Waals surface area (Å²) in [6, 6.07) is 5.17. The first-order chi connectivity index (χ1) is 8.54. The van der Waals surface area contributed by atoms with Crippen LogP contribution < -0.4 is 15.8 Å². The van der Waals surface area contributed by atoms with Crippen molar-refractivity contribution in [1.82, 2.24) is 5.32 Å². The summed E-state index contributed by atoms with van der Waals surface area (Å²) < 4.78 is 5.33. The van der Waals surface area contributed by atoms with E-state index in [0.717, 1.165) is 6.54 Å². The third-order valence-electron chi connectivity index (χ3n) is 2.47. The predicted molar refractivity (Wildman–Crippen MR) is 74.1 cm³/mol. The van der Waals surface area contributed by atoms with Gasteiger partial charge in [0.2, 0.25) is 0 Å². The number of carbonyl (C=O) groups is 1. The number of benzene rings is 1.